The van der Waals surface area contributed by atoms with Gasteiger partial charge in [0, 0.05) is 12.1 Å². The molecular formula is C15H27N3Si. The van der Waals surface area contributed by atoms with Gasteiger partial charge in [-0.05, 0) is 27.1 Å². The van der Waals surface area contributed by atoms with Crippen LogP contribution in [0.25, 0.3) is 0 Å². The van der Waals surface area contributed by atoms with Crippen molar-refractivity contribution >= 4 is 14.1 Å². The Morgan fingerprint density at radius 1 is 1.16 bits per heavy atom. The van der Waals surface area contributed by atoms with Gasteiger partial charge in [-0.2, -0.15) is 0 Å². The zero-order valence-electron chi connectivity index (χ0n) is 12.9. The normalized spacial score (nSPS) is 12.8. The standard InChI is InChI=1S/C15H27N3Si/c1-18(2)13-9-12-16-15(17-19(3,4)5)14-10-7-6-8-11-14/h6-8,10-11H,9,12-13H2,1-5H3,(H,16,17). The summed E-state index contributed by atoms with van der Waals surface area (Å²) in [5.74, 6) is 1.05. The minimum Gasteiger partial charge on any atom is -0.396 e. The summed E-state index contributed by atoms with van der Waals surface area (Å²) < 4.78 is 0. The number of benzene rings is 1. The van der Waals surface area contributed by atoms with E-state index in [1.54, 1.807) is 0 Å². The molecule has 0 aliphatic rings. The molecular weight excluding hydrogens is 250 g/mol. The van der Waals surface area contributed by atoms with E-state index in [1.165, 1.54) is 5.56 Å². The molecule has 0 heterocycles. The van der Waals surface area contributed by atoms with Gasteiger partial charge in [-0.15, -0.1) is 0 Å². The van der Waals surface area contributed by atoms with Gasteiger partial charge in [0.15, 0.2) is 0 Å². The first-order chi connectivity index (χ1) is 8.88. The third kappa shape index (κ3) is 7.13. The van der Waals surface area contributed by atoms with E-state index in [9.17, 15) is 0 Å². The Labute approximate surface area is 118 Å². The quantitative estimate of drug-likeness (QED) is 0.375. The van der Waals surface area contributed by atoms with Gasteiger partial charge >= 0.3 is 0 Å². The first-order valence-corrected chi connectivity index (χ1v) is 10.4. The number of rotatable bonds is 6. The Balaban J connectivity index is 2.73. The molecule has 0 aromatic heterocycles. The summed E-state index contributed by atoms with van der Waals surface area (Å²) in [5.41, 5.74) is 1.19. The molecule has 0 spiro atoms. The molecule has 0 fully saturated rings. The van der Waals surface area contributed by atoms with E-state index in [4.69, 9.17) is 4.99 Å². The van der Waals surface area contributed by atoms with Crippen LogP contribution in [0.3, 0.4) is 0 Å². The molecule has 19 heavy (non-hydrogen) atoms. The Morgan fingerprint density at radius 2 is 1.79 bits per heavy atom. The summed E-state index contributed by atoms with van der Waals surface area (Å²) in [7, 11) is 2.82. The van der Waals surface area contributed by atoms with E-state index in [-0.39, 0.29) is 0 Å². The Kier molecular flexibility index (Phi) is 6.25. The van der Waals surface area contributed by atoms with Crippen LogP contribution in [0.2, 0.25) is 19.6 Å². The van der Waals surface area contributed by atoms with Crippen LogP contribution in [0.5, 0.6) is 0 Å². The maximum absolute atomic E-state index is 4.76. The zero-order valence-corrected chi connectivity index (χ0v) is 13.9. The zero-order chi connectivity index (χ0) is 14.3. The van der Waals surface area contributed by atoms with Crippen molar-refractivity contribution in [2.24, 2.45) is 4.99 Å². The molecule has 0 unspecified atom stereocenters. The van der Waals surface area contributed by atoms with Crippen LogP contribution in [0, 0.1) is 0 Å². The van der Waals surface area contributed by atoms with Crippen molar-refractivity contribution in [1.29, 1.82) is 0 Å². The molecule has 0 radical (unpaired) electrons. The summed E-state index contributed by atoms with van der Waals surface area (Å²) in [6.45, 7) is 8.85. The highest BCUT2D eigenvalue weighted by Gasteiger charge is 2.16. The predicted molar refractivity (Wildman–Crippen MR) is 87.5 cm³/mol. The van der Waals surface area contributed by atoms with Gasteiger partial charge in [0.05, 0.1) is 0 Å². The molecule has 4 heteroatoms. The SMILES string of the molecule is CN(C)CCCN=C(N[Si](C)(C)C)c1ccccc1. The third-order valence-corrected chi connectivity index (χ3v) is 3.56. The summed E-state index contributed by atoms with van der Waals surface area (Å²) in [6, 6.07) is 10.4. The van der Waals surface area contributed by atoms with Crippen LogP contribution in [-0.2, 0) is 0 Å². The lowest BCUT2D eigenvalue weighted by molar-refractivity contribution is 0.403. The molecule has 3 nitrogen and oxygen atoms in total. The first-order valence-electron chi connectivity index (χ1n) is 6.91. The Hall–Kier alpha value is -1.13. The fourth-order valence-corrected chi connectivity index (χ4v) is 2.67. The van der Waals surface area contributed by atoms with Crippen LogP contribution in [0.1, 0.15) is 12.0 Å². The van der Waals surface area contributed by atoms with Gasteiger partial charge < -0.3 is 9.88 Å². The number of hydrogen-bond acceptors (Lipinski definition) is 2. The lowest BCUT2D eigenvalue weighted by atomic mass is 10.2. The average molecular weight is 277 g/mol. The first kappa shape index (κ1) is 15.9. The van der Waals surface area contributed by atoms with Crippen molar-refractivity contribution in [3.8, 4) is 0 Å². The smallest absolute Gasteiger partial charge is 0.145 e. The van der Waals surface area contributed by atoms with Gasteiger partial charge in [-0.1, -0.05) is 50.0 Å². The van der Waals surface area contributed by atoms with E-state index in [0.29, 0.717) is 0 Å². The van der Waals surface area contributed by atoms with Crippen LogP contribution >= 0.6 is 0 Å². The molecule has 0 saturated carbocycles. The molecule has 1 rings (SSSR count). The lowest BCUT2D eigenvalue weighted by Crippen LogP contribution is -2.45. The molecule has 0 bridgehead atoms. The van der Waals surface area contributed by atoms with Crippen molar-refractivity contribution in [3.63, 3.8) is 0 Å². The van der Waals surface area contributed by atoms with Crippen LogP contribution in [-0.4, -0.2) is 46.2 Å². The van der Waals surface area contributed by atoms with Crippen molar-refractivity contribution in [3.05, 3.63) is 35.9 Å². The second-order valence-electron chi connectivity index (χ2n) is 6.13. The summed E-state index contributed by atoms with van der Waals surface area (Å²) in [6.07, 6.45) is 1.09. The maximum atomic E-state index is 4.76. The molecule has 0 aliphatic carbocycles. The fourth-order valence-electron chi connectivity index (χ4n) is 1.73. The summed E-state index contributed by atoms with van der Waals surface area (Å²) >= 11 is 0. The van der Waals surface area contributed by atoms with E-state index in [2.05, 4.69) is 67.9 Å². The number of nitrogens with one attached hydrogen (secondary N) is 1. The van der Waals surface area contributed by atoms with Crippen molar-refractivity contribution in [1.82, 2.24) is 9.88 Å². The minimum absolute atomic E-state index is 0.875. The number of nitrogens with zero attached hydrogens (tertiary/aromatic N) is 2. The molecule has 1 aromatic rings. The molecule has 0 aliphatic heterocycles. The Morgan fingerprint density at radius 3 is 2.32 bits per heavy atom. The lowest BCUT2D eigenvalue weighted by Gasteiger charge is -2.21. The fraction of sp³-hybridized carbons (Fsp3) is 0.533. The largest absolute Gasteiger partial charge is 0.396 e. The molecule has 0 amide bonds. The van der Waals surface area contributed by atoms with Gasteiger partial charge in [0.25, 0.3) is 0 Å². The third-order valence-electron chi connectivity index (χ3n) is 2.57. The minimum atomic E-state index is -1.38. The molecule has 0 atom stereocenters. The molecule has 1 aromatic carbocycles. The highest BCUT2D eigenvalue weighted by atomic mass is 28.3. The van der Waals surface area contributed by atoms with Gasteiger partial charge in [0.2, 0.25) is 0 Å². The second kappa shape index (κ2) is 7.45. The van der Waals surface area contributed by atoms with E-state index < -0.39 is 8.24 Å². The van der Waals surface area contributed by atoms with Crippen molar-refractivity contribution < 1.29 is 0 Å². The number of amidine groups is 1. The Bertz CT molecular complexity index is 394. The summed E-state index contributed by atoms with van der Waals surface area (Å²) in [4.78, 5) is 10.6. The van der Waals surface area contributed by atoms with Crippen LogP contribution in [0.15, 0.2) is 35.3 Å². The second-order valence-corrected chi connectivity index (χ2v) is 10.9. The monoisotopic (exact) mass is 277 g/mol. The molecule has 0 saturated heterocycles. The van der Waals surface area contributed by atoms with Gasteiger partial charge in [0.1, 0.15) is 14.1 Å². The van der Waals surface area contributed by atoms with Crippen LogP contribution < -0.4 is 4.98 Å². The molecule has 1 N–H and O–H groups in total. The van der Waals surface area contributed by atoms with E-state index >= 15 is 0 Å². The number of hydrogen-bond donors (Lipinski definition) is 1. The van der Waals surface area contributed by atoms with Gasteiger partial charge in [-0.3, -0.25) is 4.99 Å². The van der Waals surface area contributed by atoms with Gasteiger partial charge in [-0.25, -0.2) is 0 Å². The predicted octanol–water partition coefficient (Wildman–Crippen LogP) is 2.81. The van der Waals surface area contributed by atoms with Crippen molar-refractivity contribution in [2.75, 3.05) is 27.2 Å². The van der Waals surface area contributed by atoms with Crippen LogP contribution in [0.4, 0.5) is 0 Å². The highest BCUT2D eigenvalue weighted by Crippen LogP contribution is 2.04. The van der Waals surface area contributed by atoms with E-state index in [0.717, 1.165) is 25.3 Å². The highest BCUT2D eigenvalue weighted by molar-refractivity contribution is 6.76. The maximum Gasteiger partial charge on any atom is 0.145 e. The van der Waals surface area contributed by atoms with Crippen molar-refractivity contribution in [2.45, 2.75) is 26.1 Å². The molecule has 106 valence electrons. The number of aliphatic imine (C=N–C) groups is 1. The summed E-state index contributed by atoms with van der Waals surface area (Å²) in [5, 5.41) is 0. The van der Waals surface area contributed by atoms with E-state index in [1.807, 2.05) is 6.07 Å². The topological polar surface area (TPSA) is 27.6 Å². The average Bonchev–Trinajstić information content (AvgIpc) is 2.32.